The second-order valence-electron chi connectivity index (χ2n) is 8.59. The molecule has 0 radical (unpaired) electrons. The molecule has 0 bridgehead atoms. The van der Waals surface area contributed by atoms with Gasteiger partial charge in [0.2, 0.25) is 0 Å². The van der Waals surface area contributed by atoms with Crippen LogP contribution < -0.4 is 0 Å². The summed E-state index contributed by atoms with van der Waals surface area (Å²) in [7, 11) is 0. The Morgan fingerprint density at radius 1 is 0.903 bits per heavy atom. The minimum Gasteiger partial charge on any atom is -0.480 e. The minimum absolute atomic E-state index is 0.0734. The summed E-state index contributed by atoms with van der Waals surface area (Å²) in [6.45, 7) is 4.13. The number of aliphatic carboxylic acids is 1. The van der Waals surface area contributed by atoms with Crippen LogP contribution in [0, 0.1) is 5.92 Å². The van der Waals surface area contributed by atoms with Gasteiger partial charge in [-0.1, -0.05) is 83.1 Å². The van der Waals surface area contributed by atoms with Crippen molar-refractivity contribution in [2.24, 2.45) is 5.92 Å². The Hall–Kier alpha value is -1.94. The zero-order valence-corrected chi connectivity index (χ0v) is 19.8. The normalized spacial score (nSPS) is 13.1. The molecular weight excluding hydrogens is 408 g/mol. The van der Waals surface area contributed by atoms with Crippen molar-refractivity contribution in [1.29, 1.82) is 0 Å². The third-order valence-corrected chi connectivity index (χ3v) is 6.48. The fraction of sp³-hybridized carbons (Fsp3) is 0.577. The summed E-state index contributed by atoms with van der Waals surface area (Å²) in [6.07, 6.45) is 17.1. The largest absolute Gasteiger partial charge is 0.480 e. The highest BCUT2D eigenvalue weighted by atomic mass is 35.5. The van der Waals surface area contributed by atoms with Crippen LogP contribution in [0.25, 0.3) is 11.4 Å². The highest BCUT2D eigenvalue weighted by molar-refractivity contribution is 6.29. The summed E-state index contributed by atoms with van der Waals surface area (Å²) < 4.78 is 0. The number of aryl methyl sites for hydroxylation is 2. The van der Waals surface area contributed by atoms with Gasteiger partial charge in [0.1, 0.15) is 5.38 Å². The molecule has 1 N–H and O–H groups in total. The van der Waals surface area contributed by atoms with Crippen molar-refractivity contribution in [2.45, 2.75) is 89.9 Å². The Balaban J connectivity index is 1.74. The molecule has 2 unspecified atom stereocenters. The quantitative estimate of drug-likeness (QED) is 0.235. The Morgan fingerprint density at radius 2 is 1.48 bits per heavy atom. The second kappa shape index (κ2) is 14.2. The average molecular weight is 445 g/mol. The maximum absolute atomic E-state index is 11.0. The molecule has 0 fully saturated rings. The first kappa shape index (κ1) is 25.3. The summed E-state index contributed by atoms with van der Waals surface area (Å²) >= 11 is 5.90. The van der Waals surface area contributed by atoms with E-state index in [-0.39, 0.29) is 5.92 Å². The van der Waals surface area contributed by atoms with Crippen molar-refractivity contribution in [2.75, 3.05) is 0 Å². The first-order valence-corrected chi connectivity index (χ1v) is 12.2. The number of alkyl halides is 1. The Labute approximate surface area is 192 Å². The zero-order valence-electron chi connectivity index (χ0n) is 19.0. The van der Waals surface area contributed by atoms with E-state index in [0.717, 1.165) is 36.2 Å². The fourth-order valence-corrected chi connectivity index (χ4v) is 3.83. The predicted octanol–water partition coefficient (Wildman–Crippen LogP) is 7.09. The van der Waals surface area contributed by atoms with Crippen LogP contribution in [0.2, 0.25) is 0 Å². The van der Waals surface area contributed by atoms with E-state index in [4.69, 9.17) is 16.7 Å². The summed E-state index contributed by atoms with van der Waals surface area (Å²) in [4.78, 5) is 20.1. The minimum atomic E-state index is -0.951. The van der Waals surface area contributed by atoms with Crippen LogP contribution in [0.3, 0.4) is 0 Å². The van der Waals surface area contributed by atoms with Gasteiger partial charge in [0.15, 0.2) is 5.82 Å². The van der Waals surface area contributed by atoms with Crippen molar-refractivity contribution in [3.63, 3.8) is 0 Å². The second-order valence-corrected chi connectivity index (χ2v) is 9.06. The van der Waals surface area contributed by atoms with Gasteiger partial charge in [-0.25, -0.2) is 9.97 Å². The lowest BCUT2D eigenvalue weighted by Crippen LogP contribution is -2.22. The van der Waals surface area contributed by atoms with Gasteiger partial charge in [0.25, 0.3) is 0 Å². The molecular formula is C26H37ClN2O2. The summed E-state index contributed by atoms with van der Waals surface area (Å²) in [5.41, 5.74) is 3.36. The molecule has 1 heterocycles. The molecule has 31 heavy (non-hydrogen) atoms. The molecule has 1 aromatic carbocycles. The van der Waals surface area contributed by atoms with Gasteiger partial charge in [-0.2, -0.15) is 0 Å². The van der Waals surface area contributed by atoms with Gasteiger partial charge in [0, 0.05) is 18.0 Å². The number of carboxylic acids is 1. The monoisotopic (exact) mass is 444 g/mol. The fourth-order valence-electron chi connectivity index (χ4n) is 3.70. The van der Waals surface area contributed by atoms with Crippen molar-refractivity contribution < 1.29 is 9.90 Å². The molecule has 170 valence electrons. The van der Waals surface area contributed by atoms with E-state index < -0.39 is 11.3 Å². The smallest absolute Gasteiger partial charge is 0.321 e. The number of carbonyl (C=O) groups is 1. The van der Waals surface area contributed by atoms with Crippen molar-refractivity contribution in [3.8, 4) is 11.4 Å². The van der Waals surface area contributed by atoms with Crippen molar-refractivity contribution >= 4 is 17.6 Å². The van der Waals surface area contributed by atoms with E-state index in [1.165, 1.54) is 56.9 Å². The van der Waals surface area contributed by atoms with E-state index in [1.54, 1.807) is 0 Å². The number of hydrogen-bond donors (Lipinski definition) is 1. The molecule has 5 heteroatoms. The van der Waals surface area contributed by atoms with Gasteiger partial charge in [-0.15, -0.1) is 11.6 Å². The molecule has 0 amide bonds. The lowest BCUT2D eigenvalue weighted by Gasteiger charge is -2.14. The number of aromatic nitrogens is 2. The average Bonchev–Trinajstić information content (AvgIpc) is 2.79. The first-order valence-electron chi connectivity index (χ1n) is 11.8. The molecule has 2 rings (SSSR count). The lowest BCUT2D eigenvalue weighted by atomic mass is 9.97. The van der Waals surface area contributed by atoms with E-state index in [0.29, 0.717) is 0 Å². The Bertz CT molecular complexity index is 762. The number of unbranched alkanes of at least 4 members (excludes halogenated alkanes) is 7. The van der Waals surface area contributed by atoms with Crippen LogP contribution in [0.5, 0.6) is 0 Å². The molecule has 0 aliphatic carbocycles. The van der Waals surface area contributed by atoms with E-state index in [2.05, 4.69) is 29.0 Å². The summed E-state index contributed by atoms with van der Waals surface area (Å²) in [6, 6.07) is 8.18. The van der Waals surface area contributed by atoms with Gasteiger partial charge in [-0.05, 0) is 42.7 Å². The van der Waals surface area contributed by atoms with Crippen LogP contribution in [-0.2, 0) is 17.6 Å². The Kier molecular flexibility index (Phi) is 11.6. The van der Waals surface area contributed by atoms with Crippen molar-refractivity contribution in [3.05, 3.63) is 47.8 Å². The van der Waals surface area contributed by atoms with E-state index >= 15 is 0 Å². The summed E-state index contributed by atoms with van der Waals surface area (Å²) in [5.74, 6) is -0.283. The van der Waals surface area contributed by atoms with Crippen LogP contribution in [0.1, 0.15) is 82.8 Å². The van der Waals surface area contributed by atoms with E-state index in [9.17, 15) is 4.79 Å². The van der Waals surface area contributed by atoms with Gasteiger partial charge < -0.3 is 5.11 Å². The SMILES string of the molecule is CCCCCCCCCCc1cnc(-c2ccc(CCC(C)C(Cl)C(=O)O)cc2)nc1. The molecule has 0 aliphatic rings. The zero-order chi connectivity index (χ0) is 22.5. The highest BCUT2D eigenvalue weighted by Crippen LogP contribution is 2.20. The lowest BCUT2D eigenvalue weighted by molar-refractivity contribution is -0.137. The molecule has 0 saturated carbocycles. The molecule has 0 spiro atoms. The summed E-state index contributed by atoms with van der Waals surface area (Å²) in [5, 5.41) is 8.16. The number of carboxylic acid groups (broad SMARTS) is 1. The van der Waals surface area contributed by atoms with Gasteiger partial charge >= 0.3 is 5.97 Å². The van der Waals surface area contributed by atoms with Crippen molar-refractivity contribution in [1.82, 2.24) is 9.97 Å². The molecule has 2 atom stereocenters. The maximum atomic E-state index is 11.0. The topological polar surface area (TPSA) is 63.1 Å². The number of hydrogen-bond acceptors (Lipinski definition) is 3. The Morgan fingerprint density at radius 3 is 2.06 bits per heavy atom. The van der Waals surface area contributed by atoms with Crippen LogP contribution in [0.15, 0.2) is 36.7 Å². The molecule has 1 aromatic heterocycles. The molecule has 0 aliphatic heterocycles. The first-order chi connectivity index (χ1) is 15.0. The van der Waals surface area contributed by atoms with Gasteiger partial charge in [0.05, 0.1) is 0 Å². The molecule has 4 nitrogen and oxygen atoms in total. The number of benzene rings is 1. The highest BCUT2D eigenvalue weighted by Gasteiger charge is 2.21. The van der Waals surface area contributed by atoms with Gasteiger partial charge in [-0.3, -0.25) is 4.79 Å². The number of halogens is 1. The van der Waals surface area contributed by atoms with Crippen LogP contribution >= 0.6 is 11.6 Å². The number of nitrogens with zero attached hydrogens (tertiary/aromatic N) is 2. The van der Waals surface area contributed by atoms with E-state index in [1.807, 2.05) is 31.5 Å². The predicted molar refractivity (Wildman–Crippen MR) is 129 cm³/mol. The van der Waals surface area contributed by atoms with Crippen LogP contribution in [0.4, 0.5) is 0 Å². The third-order valence-electron chi connectivity index (χ3n) is 5.86. The maximum Gasteiger partial charge on any atom is 0.321 e. The van der Waals surface area contributed by atoms with Crippen LogP contribution in [-0.4, -0.2) is 26.4 Å². The molecule has 2 aromatic rings. The standard InChI is InChI=1S/C26H37ClN2O2/c1-3-4-5-6-7-8-9-10-11-22-18-28-25(29-19-22)23-16-14-21(15-17-23)13-12-20(2)24(27)26(30)31/h14-20,24H,3-13H2,1-2H3,(H,30,31). The molecule has 0 saturated heterocycles. The third kappa shape index (κ3) is 9.39. The number of rotatable bonds is 15.